The molecule has 110 valence electrons. The van der Waals surface area contributed by atoms with Crippen molar-refractivity contribution in [3.05, 3.63) is 63.9 Å². The molecule has 0 radical (unpaired) electrons. The van der Waals surface area contributed by atoms with Gasteiger partial charge in [-0.05, 0) is 49.2 Å². The van der Waals surface area contributed by atoms with Crippen LogP contribution >= 0.6 is 11.6 Å². The Morgan fingerprint density at radius 3 is 2.62 bits per heavy atom. The molecule has 0 aromatic heterocycles. The molecule has 5 heteroatoms. The Balaban J connectivity index is 2.23. The van der Waals surface area contributed by atoms with Crippen LogP contribution in [0.4, 0.5) is 10.1 Å². The lowest BCUT2D eigenvalue weighted by molar-refractivity contribution is 0.100. The van der Waals surface area contributed by atoms with Gasteiger partial charge in [0.25, 0.3) is 0 Å². The van der Waals surface area contributed by atoms with Crippen molar-refractivity contribution in [1.29, 1.82) is 0 Å². The van der Waals surface area contributed by atoms with Gasteiger partial charge in [-0.3, -0.25) is 4.79 Å². The van der Waals surface area contributed by atoms with E-state index in [4.69, 9.17) is 17.3 Å². The van der Waals surface area contributed by atoms with E-state index in [-0.39, 0.29) is 17.4 Å². The normalized spacial score (nSPS) is 12.0. The molecular weight excluding hydrogens is 291 g/mol. The van der Waals surface area contributed by atoms with E-state index in [0.29, 0.717) is 16.3 Å². The van der Waals surface area contributed by atoms with E-state index in [2.05, 4.69) is 5.32 Å². The SMILES string of the molecule is Cc1ccc(C(C)Nc2ccc(Cl)c(C(N)=O)c2)cc1F. The number of nitrogens with one attached hydrogen (secondary N) is 1. The van der Waals surface area contributed by atoms with Gasteiger partial charge in [0.1, 0.15) is 5.82 Å². The standard InChI is InChI=1S/C16H16ClFN2O/c1-9-3-4-11(7-15(9)18)10(2)20-12-5-6-14(17)13(8-12)16(19)21/h3-8,10,20H,1-2H3,(H2,19,21). The number of nitrogens with two attached hydrogens (primary N) is 1. The second-order valence-electron chi connectivity index (χ2n) is 4.93. The predicted molar refractivity (Wildman–Crippen MR) is 83.1 cm³/mol. The number of primary amides is 1. The molecule has 1 amide bonds. The Morgan fingerprint density at radius 2 is 2.00 bits per heavy atom. The third-order valence-corrected chi connectivity index (χ3v) is 3.64. The van der Waals surface area contributed by atoms with E-state index in [0.717, 1.165) is 5.56 Å². The molecule has 2 rings (SSSR count). The van der Waals surface area contributed by atoms with Crippen molar-refractivity contribution in [3.8, 4) is 0 Å². The van der Waals surface area contributed by atoms with Crippen LogP contribution in [-0.2, 0) is 0 Å². The summed E-state index contributed by atoms with van der Waals surface area (Å²) in [5.41, 5.74) is 7.63. The Bertz CT molecular complexity index is 688. The summed E-state index contributed by atoms with van der Waals surface area (Å²) in [5, 5.41) is 3.50. The van der Waals surface area contributed by atoms with Gasteiger partial charge in [-0.25, -0.2) is 4.39 Å². The molecule has 0 fully saturated rings. The molecule has 0 aliphatic carbocycles. The molecule has 0 heterocycles. The van der Waals surface area contributed by atoms with Gasteiger partial charge >= 0.3 is 0 Å². The van der Waals surface area contributed by atoms with Gasteiger partial charge in [-0.2, -0.15) is 0 Å². The van der Waals surface area contributed by atoms with E-state index in [1.54, 1.807) is 31.2 Å². The first kappa shape index (κ1) is 15.3. The minimum absolute atomic E-state index is 0.123. The van der Waals surface area contributed by atoms with Crippen molar-refractivity contribution in [2.75, 3.05) is 5.32 Å². The third kappa shape index (κ3) is 3.52. The van der Waals surface area contributed by atoms with Crippen molar-refractivity contribution in [2.45, 2.75) is 19.9 Å². The highest BCUT2D eigenvalue weighted by atomic mass is 35.5. The summed E-state index contributed by atoms with van der Waals surface area (Å²) in [5.74, 6) is -0.826. The number of anilines is 1. The number of amides is 1. The molecule has 2 aromatic carbocycles. The van der Waals surface area contributed by atoms with Gasteiger partial charge in [0, 0.05) is 11.7 Å². The highest BCUT2D eigenvalue weighted by Gasteiger charge is 2.11. The van der Waals surface area contributed by atoms with Crippen LogP contribution in [0.5, 0.6) is 0 Å². The van der Waals surface area contributed by atoms with Gasteiger partial charge in [0.2, 0.25) is 5.91 Å². The van der Waals surface area contributed by atoms with Gasteiger partial charge in [-0.1, -0.05) is 23.7 Å². The topological polar surface area (TPSA) is 55.1 Å². The van der Waals surface area contributed by atoms with Gasteiger partial charge in [0.05, 0.1) is 10.6 Å². The maximum Gasteiger partial charge on any atom is 0.250 e. The first-order chi connectivity index (χ1) is 9.88. The highest BCUT2D eigenvalue weighted by Crippen LogP contribution is 2.24. The zero-order chi connectivity index (χ0) is 15.6. The number of halogens is 2. The lowest BCUT2D eigenvalue weighted by Gasteiger charge is -2.17. The summed E-state index contributed by atoms with van der Waals surface area (Å²) in [4.78, 5) is 11.3. The largest absolute Gasteiger partial charge is 0.378 e. The fourth-order valence-corrected chi connectivity index (χ4v) is 2.23. The van der Waals surface area contributed by atoms with Crippen LogP contribution in [0.15, 0.2) is 36.4 Å². The molecule has 0 bridgehead atoms. The molecule has 21 heavy (non-hydrogen) atoms. The van der Waals surface area contributed by atoms with Crippen molar-refractivity contribution >= 4 is 23.2 Å². The summed E-state index contributed by atoms with van der Waals surface area (Å²) in [6.45, 7) is 3.62. The van der Waals surface area contributed by atoms with Gasteiger partial charge in [-0.15, -0.1) is 0 Å². The second kappa shape index (κ2) is 6.14. The van der Waals surface area contributed by atoms with Crippen LogP contribution in [0.25, 0.3) is 0 Å². The molecule has 0 aliphatic rings. The van der Waals surface area contributed by atoms with Crippen LogP contribution in [0.3, 0.4) is 0 Å². The molecule has 2 aromatic rings. The molecule has 3 nitrogen and oxygen atoms in total. The lowest BCUT2D eigenvalue weighted by Crippen LogP contribution is -2.13. The summed E-state index contributed by atoms with van der Waals surface area (Å²) >= 11 is 5.90. The van der Waals surface area contributed by atoms with Gasteiger partial charge in [0.15, 0.2) is 0 Å². The number of hydrogen-bond donors (Lipinski definition) is 2. The average Bonchev–Trinajstić information content (AvgIpc) is 2.43. The Kier molecular flexibility index (Phi) is 4.48. The summed E-state index contributed by atoms with van der Waals surface area (Å²) in [6, 6.07) is 9.91. The lowest BCUT2D eigenvalue weighted by atomic mass is 10.1. The maximum atomic E-state index is 13.6. The number of hydrogen-bond acceptors (Lipinski definition) is 2. The molecule has 0 spiro atoms. The first-order valence-electron chi connectivity index (χ1n) is 6.50. The molecular formula is C16H16ClFN2O. The molecule has 0 saturated carbocycles. The van der Waals surface area contributed by atoms with Crippen LogP contribution in [0.2, 0.25) is 5.02 Å². The maximum absolute atomic E-state index is 13.6. The molecule has 0 aliphatic heterocycles. The summed E-state index contributed by atoms with van der Waals surface area (Å²) in [6.07, 6.45) is 0. The third-order valence-electron chi connectivity index (χ3n) is 3.31. The highest BCUT2D eigenvalue weighted by molar-refractivity contribution is 6.33. The smallest absolute Gasteiger partial charge is 0.250 e. The van der Waals surface area contributed by atoms with Crippen LogP contribution in [0, 0.1) is 12.7 Å². The molecule has 0 saturated heterocycles. The fourth-order valence-electron chi connectivity index (χ4n) is 2.02. The number of benzene rings is 2. The second-order valence-corrected chi connectivity index (χ2v) is 5.34. The van der Waals surface area contributed by atoms with Crippen molar-refractivity contribution in [1.82, 2.24) is 0 Å². The number of carbonyl (C=O) groups is 1. The summed E-state index contributed by atoms with van der Waals surface area (Å²) in [7, 11) is 0. The summed E-state index contributed by atoms with van der Waals surface area (Å²) < 4.78 is 13.6. The van der Waals surface area contributed by atoms with Crippen molar-refractivity contribution in [2.24, 2.45) is 5.73 Å². The number of carbonyl (C=O) groups excluding carboxylic acids is 1. The molecule has 3 N–H and O–H groups in total. The van der Waals surface area contributed by atoms with E-state index >= 15 is 0 Å². The van der Waals surface area contributed by atoms with E-state index < -0.39 is 5.91 Å². The quantitative estimate of drug-likeness (QED) is 0.895. The van der Waals surface area contributed by atoms with E-state index in [1.807, 2.05) is 13.0 Å². The van der Waals surface area contributed by atoms with E-state index in [1.165, 1.54) is 6.07 Å². The Hall–Kier alpha value is -2.07. The molecule has 1 unspecified atom stereocenters. The van der Waals surface area contributed by atoms with Crippen LogP contribution in [-0.4, -0.2) is 5.91 Å². The van der Waals surface area contributed by atoms with Crippen LogP contribution < -0.4 is 11.1 Å². The monoisotopic (exact) mass is 306 g/mol. The average molecular weight is 307 g/mol. The van der Waals surface area contributed by atoms with E-state index in [9.17, 15) is 9.18 Å². The zero-order valence-electron chi connectivity index (χ0n) is 11.8. The van der Waals surface area contributed by atoms with Crippen LogP contribution in [0.1, 0.15) is 34.5 Å². The minimum Gasteiger partial charge on any atom is -0.378 e. The number of rotatable bonds is 4. The first-order valence-corrected chi connectivity index (χ1v) is 6.88. The molecule has 1 atom stereocenters. The zero-order valence-corrected chi connectivity index (χ0v) is 12.5. The minimum atomic E-state index is -0.585. The van der Waals surface area contributed by atoms with Crippen molar-refractivity contribution < 1.29 is 9.18 Å². The fraction of sp³-hybridized carbons (Fsp3) is 0.188. The number of aryl methyl sites for hydroxylation is 1. The Morgan fingerprint density at radius 1 is 1.29 bits per heavy atom. The predicted octanol–water partition coefficient (Wildman–Crippen LogP) is 4.06. The van der Waals surface area contributed by atoms with Crippen molar-refractivity contribution in [3.63, 3.8) is 0 Å². The van der Waals surface area contributed by atoms with Gasteiger partial charge < -0.3 is 11.1 Å². The Labute approximate surface area is 127 Å².